The van der Waals surface area contributed by atoms with Crippen LogP contribution in [-0.2, 0) is 4.74 Å². The number of benzene rings is 1. The Morgan fingerprint density at radius 3 is 2.57 bits per heavy atom. The minimum atomic E-state index is -0.853. The number of hydrogen-bond acceptors (Lipinski definition) is 5. The molecule has 1 heterocycles. The number of carbonyl (C=O) groups excluding carboxylic acids is 2. The number of ether oxygens (including phenoxy) is 2. The Hall–Kier alpha value is -2.89. The van der Waals surface area contributed by atoms with Crippen LogP contribution in [0.4, 0.5) is 0 Å². The van der Waals surface area contributed by atoms with Crippen molar-refractivity contribution in [2.45, 2.75) is 0 Å². The molecule has 0 N–H and O–H groups in total. The second-order valence-electron chi connectivity index (χ2n) is 4.11. The summed E-state index contributed by atoms with van der Waals surface area (Å²) < 4.78 is 10.3. The van der Waals surface area contributed by atoms with E-state index in [1.807, 2.05) is 0 Å². The number of aromatic nitrogens is 1. The van der Waals surface area contributed by atoms with Gasteiger partial charge in [-0.2, -0.15) is 4.73 Å². The molecule has 21 heavy (non-hydrogen) atoms. The number of methoxy groups -OCH3 is 1. The zero-order valence-corrected chi connectivity index (χ0v) is 11.3. The van der Waals surface area contributed by atoms with Gasteiger partial charge in [0.05, 0.1) is 12.7 Å². The van der Waals surface area contributed by atoms with Crippen molar-refractivity contribution in [3.8, 4) is 5.75 Å². The molecule has 108 valence electrons. The third kappa shape index (κ3) is 3.36. The van der Waals surface area contributed by atoms with Gasteiger partial charge < -0.3 is 14.7 Å². The summed E-state index contributed by atoms with van der Waals surface area (Å²) in [6.07, 6.45) is 1.18. The molecule has 0 radical (unpaired) electrons. The van der Waals surface area contributed by atoms with Crippen molar-refractivity contribution < 1.29 is 23.8 Å². The third-order valence-corrected chi connectivity index (χ3v) is 2.77. The first-order valence-corrected chi connectivity index (χ1v) is 6.15. The van der Waals surface area contributed by atoms with Crippen molar-refractivity contribution in [2.24, 2.45) is 0 Å². The maximum absolute atomic E-state index is 12.0. The fourth-order valence-electron chi connectivity index (χ4n) is 1.74. The van der Waals surface area contributed by atoms with E-state index in [9.17, 15) is 14.8 Å². The van der Waals surface area contributed by atoms with Crippen LogP contribution in [0.1, 0.15) is 20.8 Å². The Bertz CT molecular complexity index is 669. The highest BCUT2D eigenvalue weighted by Gasteiger charge is 2.19. The van der Waals surface area contributed by atoms with Gasteiger partial charge in [-0.25, -0.2) is 4.79 Å². The molecule has 0 amide bonds. The molecule has 0 fully saturated rings. The van der Waals surface area contributed by atoms with Gasteiger partial charge in [-0.15, -0.1) is 0 Å². The molecule has 0 aliphatic heterocycles. The zero-order valence-electron chi connectivity index (χ0n) is 11.3. The standard InChI is InChI=1S/C15H13NO5/c1-20-14-8-3-2-6-11(14)13(17)10-21-15(18)12-7-4-5-9-16(12)19/h2-9H,10H2,1H3. The normalized spacial score (nSPS) is 9.95. The number of para-hydroxylation sites is 1. The number of nitrogens with zero attached hydrogens (tertiary/aromatic N) is 1. The summed E-state index contributed by atoms with van der Waals surface area (Å²) in [7, 11) is 1.45. The lowest BCUT2D eigenvalue weighted by atomic mass is 10.1. The van der Waals surface area contributed by atoms with Crippen LogP contribution in [-0.4, -0.2) is 25.5 Å². The second kappa shape index (κ2) is 6.51. The first kappa shape index (κ1) is 14.5. The Kier molecular flexibility index (Phi) is 4.50. The van der Waals surface area contributed by atoms with Gasteiger partial charge in [0.15, 0.2) is 12.8 Å². The van der Waals surface area contributed by atoms with Crippen molar-refractivity contribution in [1.29, 1.82) is 0 Å². The molecule has 1 aromatic heterocycles. The molecule has 0 atom stereocenters. The number of esters is 1. The third-order valence-electron chi connectivity index (χ3n) is 2.77. The van der Waals surface area contributed by atoms with Gasteiger partial charge in [-0.05, 0) is 18.2 Å². The quantitative estimate of drug-likeness (QED) is 0.359. The van der Waals surface area contributed by atoms with E-state index < -0.39 is 18.4 Å². The molecule has 0 bridgehead atoms. The van der Waals surface area contributed by atoms with Gasteiger partial charge in [-0.1, -0.05) is 12.1 Å². The maximum atomic E-state index is 12.0. The summed E-state index contributed by atoms with van der Waals surface area (Å²) in [5.74, 6) is -0.861. The Morgan fingerprint density at radius 2 is 1.86 bits per heavy atom. The Morgan fingerprint density at radius 1 is 1.14 bits per heavy atom. The highest BCUT2D eigenvalue weighted by molar-refractivity contribution is 6.01. The lowest BCUT2D eigenvalue weighted by molar-refractivity contribution is -0.608. The summed E-state index contributed by atoms with van der Waals surface area (Å²) >= 11 is 0. The van der Waals surface area contributed by atoms with Gasteiger partial charge in [0.2, 0.25) is 5.78 Å². The van der Waals surface area contributed by atoms with Crippen LogP contribution in [0.25, 0.3) is 0 Å². The van der Waals surface area contributed by atoms with E-state index in [2.05, 4.69) is 0 Å². The summed E-state index contributed by atoms with van der Waals surface area (Å²) in [4.78, 5) is 23.7. The average molecular weight is 287 g/mol. The molecule has 6 heteroatoms. The topological polar surface area (TPSA) is 79.5 Å². The van der Waals surface area contributed by atoms with Crippen molar-refractivity contribution in [1.82, 2.24) is 0 Å². The molecule has 2 rings (SSSR count). The van der Waals surface area contributed by atoms with Gasteiger partial charge in [0, 0.05) is 12.1 Å². The van der Waals surface area contributed by atoms with E-state index in [1.54, 1.807) is 24.3 Å². The number of ketones is 1. The molecule has 6 nitrogen and oxygen atoms in total. The van der Waals surface area contributed by atoms with Crippen molar-refractivity contribution in [3.05, 3.63) is 65.1 Å². The largest absolute Gasteiger partial charge is 0.618 e. The molecule has 1 aromatic carbocycles. The molecule has 0 saturated carbocycles. The van der Waals surface area contributed by atoms with Crippen molar-refractivity contribution >= 4 is 11.8 Å². The number of carbonyl (C=O) groups is 2. The Labute approximate surface area is 121 Å². The van der Waals surface area contributed by atoms with Crippen LogP contribution in [0, 0.1) is 5.21 Å². The van der Waals surface area contributed by atoms with Crippen LogP contribution in [0.5, 0.6) is 5.75 Å². The van der Waals surface area contributed by atoms with E-state index in [1.165, 1.54) is 31.5 Å². The molecule has 0 aliphatic rings. The number of pyridine rings is 1. The maximum Gasteiger partial charge on any atom is 0.405 e. The lowest BCUT2D eigenvalue weighted by Crippen LogP contribution is -2.35. The van der Waals surface area contributed by atoms with Crippen molar-refractivity contribution in [2.75, 3.05) is 13.7 Å². The number of hydrogen-bond donors (Lipinski definition) is 0. The van der Waals surface area contributed by atoms with Crippen LogP contribution in [0.3, 0.4) is 0 Å². The van der Waals surface area contributed by atoms with Gasteiger partial charge in [0.1, 0.15) is 5.75 Å². The molecule has 0 unspecified atom stereocenters. The number of rotatable bonds is 5. The Balaban J connectivity index is 2.05. The molecule has 2 aromatic rings. The monoisotopic (exact) mass is 287 g/mol. The van der Waals surface area contributed by atoms with Crippen LogP contribution >= 0.6 is 0 Å². The average Bonchev–Trinajstić information content (AvgIpc) is 2.52. The van der Waals surface area contributed by atoms with E-state index in [-0.39, 0.29) is 5.69 Å². The summed E-state index contributed by atoms with van der Waals surface area (Å²) in [5, 5.41) is 11.4. The predicted octanol–water partition coefficient (Wildman–Crippen LogP) is 1.37. The van der Waals surface area contributed by atoms with Crippen LogP contribution in [0.2, 0.25) is 0 Å². The van der Waals surface area contributed by atoms with Gasteiger partial charge in [0.25, 0.3) is 0 Å². The highest BCUT2D eigenvalue weighted by atomic mass is 16.5. The van der Waals surface area contributed by atoms with Gasteiger partial charge in [-0.3, -0.25) is 4.79 Å². The molecule has 0 saturated heterocycles. The van der Waals surface area contributed by atoms with E-state index in [0.29, 0.717) is 16.0 Å². The first-order chi connectivity index (χ1) is 10.1. The lowest BCUT2D eigenvalue weighted by Gasteiger charge is -2.08. The number of Topliss-reactive ketones (excluding diaryl/α,β-unsaturated/α-hetero) is 1. The second-order valence-corrected chi connectivity index (χ2v) is 4.11. The fourth-order valence-corrected chi connectivity index (χ4v) is 1.74. The van der Waals surface area contributed by atoms with E-state index in [4.69, 9.17) is 9.47 Å². The molecule has 0 spiro atoms. The molecular weight excluding hydrogens is 274 g/mol. The van der Waals surface area contributed by atoms with Crippen LogP contribution in [0.15, 0.2) is 48.7 Å². The smallest absolute Gasteiger partial charge is 0.405 e. The first-order valence-electron chi connectivity index (χ1n) is 6.15. The minimum absolute atomic E-state index is 0.176. The van der Waals surface area contributed by atoms with Crippen LogP contribution < -0.4 is 9.47 Å². The zero-order chi connectivity index (χ0) is 15.2. The van der Waals surface area contributed by atoms with E-state index in [0.717, 1.165) is 0 Å². The van der Waals surface area contributed by atoms with Gasteiger partial charge >= 0.3 is 11.7 Å². The SMILES string of the molecule is COc1ccccc1C(=O)COC(=O)c1cccc[n+]1[O-]. The summed E-state index contributed by atoms with van der Waals surface area (Å²) in [6.45, 7) is -0.464. The summed E-state index contributed by atoms with van der Waals surface area (Å²) in [5.41, 5.74) is 0.140. The minimum Gasteiger partial charge on any atom is -0.618 e. The molecular formula is C15H13NO5. The van der Waals surface area contributed by atoms with E-state index >= 15 is 0 Å². The molecule has 0 aliphatic carbocycles. The fraction of sp³-hybridized carbons (Fsp3) is 0.133. The predicted molar refractivity (Wildman–Crippen MR) is 73.0 cm³/mol. The highest BCUT2D eigenvalue weighted by Crippen LogP contribution is 2.17. The van der Waals surface area contributed by atoms with Crippen molar-refractivity contribution in [3.63, 3.8) is 0 Å². The summed E-state index contributed by atoms with van der Waals surface area (Å²) in [6, 6.07) is 11.0.